The van der Waals surface area contributed by atoms with Gasteiger partial charge in [-0.15, -0.1) is 0 Å². The van der Waals surface area contributed by atoms with Gasteiger partial charge in [0.15, 0.2) is 0 Å². The van der Waals surface area contributed by atoms with Crippen LogP contribution in [-0.2, 0) is 0 Å². The fourth-order valence-corrected chi connectivity index (χ4v) is 3.02. The van der Waals surface area contributed by atoms with E-state index in [1.54, 1.807) is 0 Å². The number of hydrogen-bond acceptors (Lipinski definition) is 4. The van der Waals surface area contributed by atoms with E-state index in [4.69, 9.17) is 5.73 Å². The molecule has 4 nitrogen and oxygen atoms in total. The molecule has 2 N–H and O–H groups in total. The Labute approximate surface area is 116 Å². The molecule has 1 aliphatic rings. The Hall–Kier alpha value is -1.32. The molecule has 0 saturated carbocycles. The van der Waals surface area contributed by atoms with Crippen LogP contribution in [0.15, 0.2) is 0 Å². The van der Waals surface area contributed by atoms with Gasteiger partial charge in [0.25, 0.3) is 0 Å². The van der Waals surface area contributed by atoms with Crippen LogP contribution in [-0.4, -0.2) is 23.1 Å². The molecule has 106 valence electrons. The molecule has 0 amide bonds. The first-order chi connectivity index (χ1) is 9.11. The van der Waals surface area contributed by atoms with Gasteiger partial charge in [-0.3, -0.25) is 0 Å². The van der Waals surface area contributed by atoms with Crippen LogP contribution in [0.1, 0.15) is 50.4 Å². The van der Waals surface area contributed by atoms with Crippen molar-refractivity contribution in [1.82, 2.24) is 9.97 Å². The molecule has 1 saturated heterocycles. The Morgan fingerprint density at radius 3 is 2.74 bits per heavy atom. The molecular formula is C15H26N4. The molecule has 0 aliphatic carbocycles. The second kappa shape index (κ2) is 6.22. The van der Waals surface area contributed by atoms with Crippen molar-refractivity contribution in [2.75, 3.05) is 23.7 Å². The second-order valence-electron chi connectivity index (χ2n) is 5.68. The Kier molecular flexibility index (Phi) is 4.61. The highest BCUT2D eigenvalue weighted by Crippen LogP contribution is 2.27. The average molecular weight is 262 g/mol. The van der Waals surface area contributed by atoms with E-state index in [0.717, 1.165) is 36.2 Å². The number of aromatic nitrogens is 2. The van der Waals surface area contributed by atoms with Crippen LogP contribution >= 0.6 is 0 Å². The lowest BCUT2D eigenvalue weighted by atomic mass is 9.96. The first kappa shape index (κ1) is 14.1. The van der Waals surface area contributed by atoms with Crippen LogP contribution in [0.4, 0.5) is 11.6 Å². The smallest absolute Gasteiger partial charge is 0.137 e. The number of hydrogen-bond donors (Lipinski definition) is 1. The van der Waals surface area contributed by atoms with Crippen molar-refractivity contribution in [2.24, 2.45) is 5.92 Å². The summed E-state index contributed by atoms with van der Waals surface area (Å²) in [6.07, 6.45) is 6.53. The zero-order chi connectivity index (χ0) is 13.8. The Morgan fingerprint density at radius 2 is 2.00 bits per heavy atom. The summed E-state index contributed by atoms with van der Waals surface area (Å²) in [5.41, 5.74) is 6.99. The normalized spacial score (nSPS) is 20.4. The molecule has 1 fully saturated rings. The minimum absolute atomic E-state index is 0.622. The van der Waals surface area contributed by atoms with E-state index in [2.05, 4.69) is 21.8 Å². The van der Waals surface area contributed by atoms with Gasteiger partial charge < -0.3 is 10.6 Å². The number of nitrogen functional groups attached to an aromatic ring is 1. The van der Waals surface area contributed by atoms with E-state index < -0.39 is 0 Å². The number of nitrogens with zero attached hydrogens (tertiary/aromatic N) is 3. The van der Waals surface area contributed by atoms with Gasteiger partial charge in [-0.2, -0.15) is 0 Å². The summed E-state index contributed by atoms with van der Waals surface area (Å²) in [5, 5.41) is 0. The van der Waals surface area contributed by atoms with Crippen molar-refractivity contribution >= 4 is 11.6 Å². The fraction of sp³-hybridized carbons (Fsp3) is 0.733. The predicted octanol–water partition coefficient (Wildman–Crippen LogP) is 3.08. The molecule has 2 rings (SSSR count). The highest BCUT2D eigenvalue weighted by Gasteiger charge is 2.20. The highest BCUT2D eigenvalue weighted by molar-refractivity contribution is 5.56. The third kappa shape index (κ3) is 3.37. The molecule has 19 heavy (non-hydrogen) atoms. The van der Waals surface area contributed by atoms with E-state index in [0.29, 0.717) is 5.82 Å². The van der Waals surface area contributed by atoms with Crippen molar-refractivity contribution in [3.8, 4) is 0 Å². The van der Waals surface area contributed by atoms with Gasteiger partial charge in [0.05, 0.1) is 0 Å². The summed E-state index contributed by atoms with van der Waals surface area (Å²) >= 11 is 0. The van der Waals surface area contributed by atoms with Crippen molar-refractivity contribution in [3.05, 3.63) is 11.4 Å². The summed E-state index contributed by atoms with van der Waals surface area (Å²) in [4.78, 5) is 11.2. The third-order valence-electron chi connectivity index (χ3n) is 4.11. The zero-order valence-corrected chi connectivity index (χ0v) is 12.4. The van der Waals surface area contributed by atoms with Crippen molar-refractivity contribution in [3.63, 3.8) is 0 Å². The molecule has 4 heteroatoms. The van der Waals surface area contributed by atoms with Gasteiger partial charge in [-0.05, 0) is 39.0 Å². The maximum atomic E-state index is 5.96. The summed E-state index contributed by atoms with van der Waals surface area (Å²) in [5.74, 6) is 3.32. The summed E-state index contributed by atoms with van der Waals surface area (Å²) in [6.45, 7) is 8.41. The van der Waals surface area contributed by atoms with Crippen molar-refractivity contribution in [2.45, 2.75) is 52.9 Å². The van der Waals surface area contributed by atoms with Crippen LogP contribution in [0.3, 0.4) is 0 Å². The fourth-order valence-electron chi connectivity index (χ4n) is 3.02. The second-order valence-corrected chi connectivity index (χ2v) is 5.68. The monoisotopic (exact) mass is 262 g/mol. The number of rotatable bonds is 3. The Morgan fingerprint density at radius 1 is 1.21 bits per heavy atom. The molecule has 1 aromatic heterocycles. The first-order valence-corrected chi connectivity index (χ1v) is 7.47. The largest absolute Gasteiger partial charge is 0.383 e. The van der Waals surface area contributed by atoms with E-state index in [-0.39, 0.29) is 0 Å². The van der Waals surface area contributed by atoms with E-state index in [1.807, 2.05) is 13.8 Å². The molecule has 1 unspecified atom stereocenters. The van der Waals surface area contributed by atoms with Gasteiger partial charge in [-0.1, -0.05) is 19.8 Å². The van der Waals surface area contributed by atoms with Gasteiger partial charge >= 0.3 is 0 Å². The molecule has 1 aliphatic heterocycles. The minimum Gasteiger partial charge on any atom is -0.383 e. The molecule has 0 radical (unpaired) electrons. The van der Waals surface area contributed by atoms with Crippen LogP contribution in [0, 0.1) is 19.8 Å². The van der Waals surface area contributed by atoms with Crippen LogP contribution in [0.25, 0.3) is 0 Å². The maximum absolute atomic E-state index is 5.96. The molecule has 0 aromatic carbocycles. The highest BCUT2D eigenvalue weighted by atomic mass is 15.2. The first-order valence-electron chi connectivity index (χ1n) is 7.47. The zero-order valence-electron chi connectivity index (χ0n) is 12.4. The topological polar surface area (TPSA) is 55.0 Å². The summed E-state index contributed by atoms with van der Waals surface area (Å²) in [7, 11) is 0. The Bertz CT molecular complexity index is 430. The maximum Gasteiger partial charge on any atom is 0.137 e. The Balaban J connectivity index is 2.14. The van der Waals surface area contributed by atoms with E-state index >= 15 is 0 Å². The van der Waals surface area contributed by atoms with Crippen LogP contribution in [0.2, 0.25) is 0 Å². The quantitative estimate of drug-likeness (QED) is 0.909. The lowest BCUT2D eigenvalue weighted by Crippen LogP contribution is -2.27. The van der Waals surface area contributed by atoms with Gasteiger partial charge in [0, 0.05) is 18.7 Å². The van der Waals surface area contributed by atoms with E-state index in [1.165, 1.54) is 32.1 Å². The standard InChI is InChI=1S/C15H26N4/c1-4-6-13-7-5-9-19(10-8-13)15-11(2)14(16)17-12(3)18-15/h13H,4-10H2,1-3H3,(H2,16,17,18). The number of anilines is 2. The molecule has 1 atom stereocenters. The lowest BCUT2D eigenvalue weighted by Gasteiger charge is -2.24. The average Bonchev–Trinajstić information content (AvgIpc) is 2.60. The SMILES string of the molecule is CCCC1CCCN(c2nc(C)nc(N)c2C)CC1. The summed E-state index contributed by atoms with van der Waals surface area (Å²) < 4.78 is 0. The van der Waals surface area contributed by atoms with Crippen LogP contribution < -0.4 is 10.6 Å². The van der Waals surface area contributed by atoms with Gasteiger partial charge in [0.2, 0.25) is 0 Å². The van der Waals surface area contributed by atoms with Gasteiger partial charge in [-0.25, -0.2) is 9.97 Å². The lowest BCUT2D eigenvalue weighted by molar-refractivity contribution is 0.435. The molecule has 1 aromatic rings. The summed E-state index contributed by atoms with van der Waals surface area (Å²) in [6, 6.07) is 0. The molecular weight excluding hydrogens is 236 g/mol. The minimum atomic E-state index is 0.622. The van der Waals surface area contributed by atoms with Crippen molar-refractivity contribution in [1.29, 1.82) is 0 Å². The van der Waals surface area contributed by atoms with E-state index in [9.17, 15) is 0 Å². The molecule has 0 spiro atoms. The predicted molar refractivity (Wildman–Crippen MR) is 80.4 cm³/mol. The van der Waals surface area contributed by atoms with Crippen LogP contribution in [0.5, 0.6) is 0 Å². The molecule has 0 bridgehead atoms. The third-order valence-corrected chi connectivity index (χ3v) is 4.11. The molecule has 2 heterocycles. The van der Waals surface area contributed by atoms with Crippen molar-refractivity contribution < 1.29 is 0 Å². The van der Waals surface area contributed by atoms with Gasteiger partial charge in [0.1, 0.15) is 17.5 Å². The number of nitrogens with two attached hydrogens (primary N) is 1. The number of aryl methyl sites for hydroxylation is 1.